The smallest absolute Gasteiger partial charge is 0.0954 e. The van der Waals surface area contributed by atoms with E-state index in [9.17, 15) is 0 Å². The third kappa shape index (κ3) is 2.81. The molecule has 16 heavy (non-hydrogen) atoms. The van der Waals surface area contributed by atoms with Gasteiger partial charge in [-0.2, -0.15) is 0 Å². The summed E-state index contributed by atoms with van der Waals surface area (Å²) in [6, 6.07) is 0. The lowest BCUT2D eigenvalue weighted by atomic mass is 10.1. The summed E-state index contributed by atoms with van der Waals surface area (Å²) in [7, 11) is 0. The van der Waals surface area contributed by atoms with Crippen molar-refractivity contribution in [2.24, 2.45) is 5.92 Å². The highest BCUT2D eigenvalue weighted by molar-refractivity contribution is 7.09. The second kappa shape index (κ2) is 5.25. The summed E-state index contributed by atoms with van der Waals surface area (Å²) >= 11 is 1.76. The van der Waals surface area contributed by atoms with Gasteiger partial charge < -0.3 is 5.11 Å². The normalized spacial score (nSPS) is 22.1. The largest absolute Gasteiger partial charge is 0.396 e. The third-order valence-corrected chi connectivity index (χ3v) is 4.27. The van der Waals surface area contributed by atoms with Crippen molar-refractivity contribution in [2.45, 2.75) is 32.7 Å². The first-order chi connectivity index (χ1) is 7.69. The van der Waals surface area contributed by atoms with Crippen LogP contribution < -0.4 is 0 Å². The van der Waals surface area contributed by atoms with Gasteiger partial charge in [-0.3, -0.25) is 4.90 Å². The maximum absolute atomic E-state index is 9.09. The fourth-order valence-electron chi connectivity index (χ4n) is 2.10. The number of hydrogen-bond acceptors (Lipinski definition) is 4. The van der Waals surface area contributed by atoms with E-state index in [1.807, 2.05) is 0 Å². The topological polar surface area (TPSA) is 36.4 Å². The van der Waals surface area contributed by atoms with Crippen molar-refractivity contribution in [3.05, 3.63) is 16.1 Å². The number of aromatic nitrogens is 1. The summed E-state index contributed by atoms with van der Waals surface area (Å²) in [5.74, 6) is 1.01. The van der Waals surface area contributed by atoms with Crippen molar-refractivity contribution in [2.75, 3.05) is 19.7 Å². The van der Waals surface area contributed by atoms with Crippen LogP contribution in [0.2, 0.25) is 0 Å². The summed E-state index contributed by atoms with van der Waals surface area (Å²) in [6.07, 6.45) is 1.12. The Labute approximate surface area is 101 Å². The zero-order valence-corrected chi connectivity index (χ0v) is 10.8. The molecule has 1 aliphatic heterocycles. The van der Waals surface area contributed by atoms with E-state index in [0.717, 1.165) is 26.1 Å². The van der Waals surface area contributed by atoms with Crippen molar-refractivity contribution in [3.63, 3.8) is 0 Å². The van der Waals surface area contributed by atoms with Gasteiger partial charge in [0.05, 0.1) is 10.7 Å². The summed E-state index contributed by atoms with van der Waals surface area (Å²) in [6.45, 7) is 7.75. The standard InChI is InChI=1S/C12H20N2OS/c1-9(2)12-13-11(8-16-12)6-14-4-3-10(5-14)7-15/h8-10,15H,3-7H2,1-2H3. The highest BCUT2D eigenvalue weighted by Gasteiger charge is 2.22. The Balaban J connectivity index is 1.89. The van der Waals surface area contributed by atoms with Gasteiger partial charge in [0, 0.05) is 31.0 Å². The fraction of sp³-hybridized carbons (Fsp3) is 0.750. The molecule has 90 valence electrons. The van der Waals surface area contributed by atoms with Gasteiger partial charge in [0.15, 0.2) is 0 Å². The number of nitrogens with zero attached hydrogens (tertiary/aromatic N) is 2. The molecular formula is C12H20N2OS. The molecule has 1 N–H and O–H groups in total. The molecule has 1 saturated heterocycles. The minimum atomic E-state index is 0.324. The molecule has 3 nitrogen and oxygen atoms in total. The second-order valence-corrected chi connectivity index (χ2v) is 5.79. The maximum Gasteiger partial charge on any atom is 0.0954 e. The average molecular weight is 240 g/mol. The first-order valence-electron chi connectivity index (χ1n) is 5.96. The molecule has 0 spiro atoms. The van der Waals surface area contributed by atoms with E-state index in [1.165, 1.54) is 10.7 Å². The van der Waals surface area contributed by atoms with Gasteiger partial charge in [-0.1, -0.05) is 13.8 Å². The first-order valence-corrected chi connectivity index (χ1v) is 6.84. The van der Waals surface area contributed by atoms with Crippen molar-refractivity contribution >= 4 is 11.3 Å². The third-order valence-electron chi connectivity index (χ3n) is 3.08. The van der Waals surface area contributed by atoms with Crippen LogP contribution >= 0.6 is 11.3 Å². The highest BCUT2D eigenvalue weighted by atomic mass is 32.1. The predicted octanol–water partition coefficient (Wildman–Crippen LogP) is 2.08. The van der Waals surface area contributed by atoms with E-state index in [1.54, 1.807) is 11.3 Å². The van der Waals surface area contributed by atoms with Gasteiger partial charge in [-0.15, -0.1) is 11.3 Å². The summed E-state index contributed by atoms with van der Waals surface area (Å²) in [5.41, 5.74) is 1.19. The predicted molar refractivity (Wildman–Crippen MR) is 66.7 cm³/mol. The lowest BCUT2D eigenvalue weighted by Crippen LogP contribution is -2.21. The molecule has 0 radical (unpaired) electrons. The van der Waals surface area contributed by atoms with Crippen LogP contribution in [0.25, 0.3) is 0 Å². The monoisotopic (exact) mass is 240 g/mol. The second-order valence-electron chi connectivity index (χ2n) is 4.90. The SMILES string of the molecule is CC(C)c1nc(CN2CCC(CO)C2)cs1. The van der Waals surface area contributed by atoms with Gasteiger partial charge in [-0.25, -0.2) is 4.98 Å². The lowest BCUT2D eigenvalue weighted by molar-refractivity contribution is 0.219. The van der Waals surface area contributed by atoms with Crippen LogP contribution in [0.1, 0.15) is 36.9 Å². The van der Waals surface area contributed by atoms with E-state index in [0.29, 0.717) is 18.4 Å². The molecule has 0 amide bonds. The minimum absolute atomic E-state index is 0.324. The molecule has 2 rings (SSSR count). The van der Waals surface area contributed by atoms with Crippen molar-refractivity contribution in [3.8, 4) is 0 Å². The Hall–Kier alpha value is -0.450. The van der Waals surface area contributed by atoms with Gasteiger partial charge in [0.1, 0.15) is 0 Å². The Kier molecular flexibility index (Phi) is 3.95. The highest BCUT2D eigenvalue weighted by Crippen LogP contribution is 2.22. The minimum Gasteiger partial charge on any atom is -0.396 e. The van der Waals surface area contributed by atoms with Crippen LogP contribution in [-0.2, 0) is 6.54 Å². The quantitative estimate of drug-likeness (QED) is 0.875. The Morgan fingerprint density at radius 1 is 1.62 bits per heavy atom. The molecule has 4 heteroatoms. The van der Waals surface area contributed by atoms with Crippen molar-refractivity contribution < 1.29 is 5.11 Å². The van der Waals surface area contributed by atoms with Crippen LogP contribution in [0.3, 0.4) is 0 Å². The van der Waals surface area contributed by atoms with E-state index >= 15 is 0 Å². The van der Waals surface area contributed by atoms with E-state index in [-0.39, 0.29) is 0 Å². The van der Waals surface area contributed by atoms with Gasteiger partial charge in [-0.05, 0) is 18.9 Å². The number of aliphatic hydroxyl groups is 1. The van der Waals surface area contributed by atoms with E-state index < -0.39 is 0 Å². The van der Waals surface area contributed by atoms with Crippen molar-refractivity contribution in [1.29, 1.82) is 0 Å². The molecular weight excluding hydrogens is 220 g/mol. The van der Waals surface area contributed by atoms with E-state index in [4.69, 9.17) is 5.11 Å². The molecule has 0 bridgehead atoms. The van der Waals surface area contributed by atoms with Gasteiger partial charge >= 0.3 is 0 Å². The van der Waals surface area contributed by atoms with Gasteiger partial charge in [0.25, 0.3) is 0 Å². The maximum atomic E-state index is 9.09. The number of likely N-dealkylation sites (tertiary alicyclic amines) is 1. The van der Waals surface area contributed by atoms with E-state index in [2.05, 4.69) is 29.1 Å². The summed E-state index contributed by atoms with van der Waals surface area (Å²) in [4.78, 5) is 7.03. The molecule has 0 saturated carbocycles. The number of aliphatic hydroxyl groups excluding tert-OH is 1. The summed E-state index contributed by atoms with van der Waals surface area (Å²) < 4.78 is 0. The van der Waals surface area contributed by atoms with Crippen LogP contribution in [0, 0.1) is 5.92 Å². The Morgan fingerprint density at radius 2 is 2.44 bits per heavy atom. The number of thiazole rings is 1. The molecule has 2 heterocycles. The molecule has 1 unspecified atom stereocenters. The zero-order chi connectivity index (χ0) is 11.5. The average Bonchev–Trinajstić information content (AvgIpc) is 2.87. The first kappa shape index (κ1) is 12.0. The number of hydrogen-bond donors (Lipinski definition) is 1. The molecule has 1 atom stereocenters. The fourth-order valence-corrected chi connectivity index (χ4v) is 2.92. The molecule has 0 aromatic carbocycles. The van der Waals surface area contributed by atoms with Gasteiger partial charge in [0.2, 0.25) is 0 Å². The molecule has 1 aliphatic rings. The molecule has 0 aliphatic carbocycles. The molecule has 1 aromatic rings. The molecule has 1 aromatic heterocycles. The Bertz CT molecular complexity index is 338. The zero-order valence-electron chi connectivity index (χ0n) is 10.0. The van der Waals surface area contributed by atoms with Crippen LogP contribution in [0.5, 0.6) is 0 Å². The molecule has 1 fully saturated rings. The summed E-state index contributed by atoms with van der Waals surface area (Å²) in [5, 5.41) is 12.5. The van der Waals surface area contributed by atoms with Crippen LogP contribution in [0.15, 0.2) is 5.38 Å². The number of rotatable bonds is 4. The Morgan fingerprint density at radius 3 is 3.00 bits per heavy atom. The van der Waals surface area contributed by atoms with Crippen LogP contribution in [-0.4, -0.2) is 34.7 Å². The lowest BCUT2D eigenvalue weighted by Gasteiger charge is -2.13. The van der Waals surface area contributed by atoms with Crippen molar-refractivity contribution in [1.82, 2.24) is 9.88 Å². The van der Waals surface area contributed by atoms with Crippen LogP contribution in [0.4, 0.5) is 0 Å².